The molecule has 1 atom stereocenters. The predicted octanol–water partition coefficient (Wildman–Crippen LogP) is 1.57. The first-order valence-corrected chi connectivity index (χ1v) is 5.07. The molecule has 0 amide bonds. The Kier molecular flexibility index (Phi) is 1.77. The van der Waals surface area contributed by atoms with Crippen molar-refractivity contribution < 1.29 is 0 Å². The zero-order valence-corrected chi connectivity index (χ0v) is 7.98. The van der Waals surface area contributed by atoms with Crippen LogP contribution in [-0.4, -0.2) is 22.6 Å². The lowest BCUT2D eigenvalue weighted by Crippen LogP contribution is -2.12. The number of hydrogen-bond acceptors (Lipinski definition) is 2. The van der Waals surface area contributed by atoms with Gasteiger partial charge < -0.3 is 9.88 Å². The molecule has 0 unspecified atom stereocenters. The van der Waals surface area contributed by atoms with Crippen molar-refractivity contribution in [1.82, 2.24) is 14.9 Å². The van der Waals surface area contributed by atoms with Crippen molar-refractivity contribution in [1.29, 1.82) is 0 Å². The molecule has 1 N–H and O–H groups in total. The lowest BCUT2D eigenvalue weighted by Gasteiger charge is -2.10. The van der Waals surface area contributed by atoms with E-state index < -0.39 is 0 Å². The van der Waals surface area contributed by atoms with Gasteiger partial charge in [0.15, 0.2) is 0 Å². The van der Waals surface area contributed by atoms with Crippen molar-refractivity contribution in [2.24, 2.45) is 0 Å². The predicted molar refractivity (Wildman–Crippen MR) is 56.3 cm³/mol. The molecule has 3 rings (SSSR count). The molecule has 3 nitrogen and oxygen atoms in total. The van der Waals surface area contributed by atoms with Crippen molar-refractivity contribution in [2.45, 2.75) is 12.5 Å². The number of benzene rings is 1. The number of fused-ring (bicyclic) bond motifs is 1. The van der Waals surface area contributed by atoms with Gasteiger partial charge >= 0.3 is 0 Å². The summed E-state index contributed by atoms with van der Waals surface area (Å²) >= 11 is 0. The van der Waals surface area contributed by atoms with Crippen LogP contribution in [0.1, 0.15) is 12.5 Å². The van der Waals surface area contributed by atoms with Gasteiger partial charge in [0.05, 0.1) is 17.4 Å². The van der Waals surface area contributed by atoms with Gasteiger partial charge in [-0.15, -0.1) is 0 Å². The van der Waals surface area contributed by atoms with Crippen LogP contribution >= 0.6 is 0 Å². The molecule has 1 aliphatic heterocycles. The van der Waals surface area contributed by atoms with Gasteiger partial charge in [0.1, 0.15) is 0 Å². The highest BCUT2D eigenvalue weighted by molar-refractivity contribution is 5.75. The van der Waals surface area contributed by atoms with E-state index >= 15 is 0 Å². The highest BCUT2D eigenvalue weighted by Crippen LogP contribution is 2.21. The maximum absolute atomic E-state index is 4.40. The largest absolute Gasteiger partial charge is 0.326 e. The van der Waals surface area contributed by atoms with Crippen LogP contribution < -0.4 is 5.32 Å². The Labute approximate surface area is 82.8 Å². The first-order valence-electron chi connectivity index (χ1n) is 5.07. The average molecular weight is 187 g/mol. The minimum Gasteiger partial charge on any atom is -0.326 e. The number of nitrogens with zero attached hydrogens (tertiary/aromatic N) is 2. The topological polar surface area (TPSA) is 29.9 Å². The maximum Gasteiger partial charge on any atom is 0.0961 e. The molecule has 1 fully saturated rings. The van der Waals surface area contributed by atoms with Gasteiger partial charge in [-0.2, -0.15) is 0 Å². The molecule has 0 saturated carbocycles. The summed E-state index contributed by atoms with van der Waals surface area (Å²) in [5.41, 5.74) is 2.35. The molecular formula is C11H13N3. The van der Waals surface area contributed by atoms with Gasteiger partial charge in [0, 0.05) is 12.6 Å². The van der Waals surface area contributed by atoms with Crippen molar-refractivity contribution in [3.8, 4) is 0 Å². The number of imidazole rings is 1. The summed E-state index contributed by atoms with van der Waals surface area (Å²) in [7, 11) is 0. The summed E-state index contributed by atoms with van der Waals surface area (Å²) in [5.74, 6) is 0. The third-order valence-corrected chi connectivity index (χ3v) is 2.91. The van der Waals surface area contributed by atoms with Crippen LogP contribution in [0.25, 0.3) is 11.0 Å². The van der Waals surface area contributed by atoms with Crippen molar-refractivity contribution in [3.63, 3.8) is 0 Å². The quantitative estimate of drug-likeness (QED) is 0.734. The molecule has 0 bridgehead atoms. The first kappa shape index (κ1) is 8.00. The molecule has 2 aromatic rings. The molecule has 2 heterocycles. The molecule has 1 aromatic carbocycles. The fourth-order valence-electron chi connectivity index (χ4n) is 2.15. The van der Waals surface area contributed by atoms with Gasteiger partial charge in [-0.25, -0.2) is 4.98 Å². The Bertz CT molecular complexity index is 440. The highest BCUT2D eigenvalue weighted by Gasteiger charge is 2.17. The van der Waals surface area contributed by atoms with Gasteiger partial charge in [-0.05, 0) is 25.1 Å². The monoisotopic (exact) mass is 187 g/mol. The second-order valence-electron chi connectivity index (χ2n) is 3.79. The lowest BCUT2D eigenvalue weighted by atomic mass is 10.2. The van der Waals surface area contributed by atoms with E-state index in [0.29, 0.717) is 6.04 Å². The summed E-state index contributed by atoms with van der Waals surface area (Å²) in [5, 5.41) is 3.38. The molecule has 1 aromatic heterocycles. The first-order chi connectivity index (χ1) is 6.95. The number of aromatic nitrogens is 2. The normalized spacial score (nSPS) is 21.9. The molecule has 3 heteroatoms. The molecule has 0 spiro atoms. The van der Waals surface area contributed by atoms with E-state index in [2.05, 4.69) is 33.1 Å². The Morgan fingerprint density at radius 3 is 3.14 bits per heavy atom. The van der Waals surface area contributed by atoms with Crippen LogP contribution in [0.4, 0.5) is 0 Å². The van der Waals surface area contributed by atoms with Crippen LogP contribution in [0, 0.1) is 0 Å². The summed E-state index contributed by atoms with van der Waals surface area (Å²) in [4.78, 5) is 4.40. The van der Waals surface area contributed by atoms with Crippen molar-refractivity contribution >= 4 is 11.0 Å². The molecule has 1 aliphatic rings. The van der Waals surface area contributed by atoms with E-state index in [9.17, 15) is 0 Å². The summed E-state index contributed by atoms with van der Waals surface area (Å²) in [6.07, 6.45) is 3.17. The molecule has 14 heavy (non-hydrogen) atoms. The van der Waals surface area contributed by atoms with E-state index in [4.69, 9.17) is 0 Å². The summed E-state index contributed by atoms with van der Waals surface area (Å²) in [6, 6.07) is 8.90. The number of rotatable bonds is 1. The van der Waals surface area contributed by atoms with Gasteiger partial charge in [0.2, 0.25) is 0 Å². The molecule has 0 aliphatic carbocycles. The molecular weight excluding hydrogens is 174 g/mol. The third kappa shape index (κ3) is 1.13. The lowest BCUT2D eigenvalue weighted by molar-refractivity contribution is 0.561. The minimum absolute atomic E-state index is 0.586. The van der Waals surface area contributed by atoms with E-state index in [0.717, 1.165) is 18.6 Å². The Hall–Kier alpha value is -1.35. The standard InChI is InChI=1S/C11H13N3/c1-2-4-11-10(3-1)13-8-14(11)9-5-6-12-7-9/h1-4,8-9,12H,5-7H2/t9-/m1/s1. The number of nitrogens with one attached hydrogen (secondary N) is 1. The van der Waals surface area contributed by atoms with Crippen LogP contribution in [0.2, 0.25) is 0 Å². The Balaban J connectivity index is 2.11. The maximum atomic E-state index is 4.40. The highest BCUT2D eigenvalue weighted by atomic mass is 15.1. The number of para-hydroxylation sites is 2. The molecule has 72 valence electrons. The zero-order chi connectivity index (χ0) is 9.38. The van der Waals surface area contributed by atoms with Crippen LogP contribution in [0.15, 0.2) is 30.6 Å². The zero-order valence-electron chi connectivity index (χ0n) is 7.98. The van der Waals surface area contributed by atoms with Gasteiger partial charge in [0.25, 0.3) is 0 Å². The molecule has 1 saturated heterocycles. The van der Waals surface area contributed by atoms with Crippen LogP contribution in [0.3, 0.4) is 0 Å². The second kappa shape index (κ2) is 3.10. The van der Waals surface area contributed by atoms with E-state index in [1.807, 2.05) is 12.4 Å². The molecule has 0 radical (unpaired) electrons. The number of hydrogen-bond donors (Lipinski definition) is 1. The van der Waals surface area contributed by atoms with Gasteiger partial charge in [-0.1, -0.05) is 12.1 Å². The fourth-order valence-corrected chi connectivity index (χ4v) is 2.15. The summed E-state index contributed by atoms with van der Waals surface area (Å²) in [6.45, 7) is 2.19. The smallest absolute Gasteiger partial charge is 0.0961 e. The van der Waals surface area contributed by atoms with Gasteiger partial charge in [-0.3, -0.25) is 0 Å². The average Bonchev–Trinajstić information content (AvgIpc) is 2.85. The SMILES string of the molecule is c1ccc2c(c1)ncn2[C@@H]1CCNC1. The van der Waals surface area contributed by atoms with Crippen LogP contribution in [0.5, 0.6) is 0 Å². The van der Waals surface area contributed by atoms with E-state index in [-0.39, 0.29) is 0 Å². The third-order valence-electron chi connectivity index (χ3n) is 2.91. The van der Waals surface area contributed by atoms with E-state index in [1.54, 1.807) is 0 Å². The Morgan fingerprint density at radius 1 is 1.36 bits per heavy atom. The Morgan fingerprint density at radius 2 is 2.29 bits per heavy atom. The van der Waals surface area contributed by atoms with Crippen molar-refractivity contribution in [3.05, 3.63) is 30.6 Å². The second-order valence-corrected chi connectivity index (χ2v) is 3.79. The van der Waals surface area contributed by atoms with Crippen molar-refractivity contribution in [2.75, 3.05) is 13.1 Å². The van der Waals surface area contributed by atoms with Crippen LogP contribution in [-0.2, 0) is 0 Å². The summed E-state index contributed by atoms with van der Waals surface area (Å²) < 4.78 is 2.29. The minimum atomic E-state index is 0.586. The fraction of sp³-hybridized carbons (Fsp3) is 0.364. The van der Waals surface area contributed by atoms with E-state index in [1.165, 1.54) is 11.9 Å².